The summed E-state index contributed by atoms with van der Waals surface area (Å²) in [5, 5.41) is 11.2. The summed E-state index contributed by atoms with van der Waals surface area (Å²) < 4.78 is 38.5. The summed E-state index contributed by atoms with van der Waals surface area (Å²) in [6.07, 6.45) is 4.40. The van der Waals surface area contributed by atoms with Crippen LogP contribution < -0.4 is 39.4 Å². The van der Waals surface area contributed by atoms with E-state index in [0.29, 0.717) is 23.5 Å². The van der Waals surface area contributed by atoms with Crippen LogP contribution in [0, 0.1) is 0 Å². The minimum Gasteiger partial charge on any atom is -0.872 e. The fourth-order valence-corrected chi connectivity index (χ4v) is 3.26. The van der Waals surface area contributed by atoms with Crippen LogP contribution in [0.15, 0.2) is 47.4 Å². The number of hydrogen-bond donors (Lipinski definition) is 1. The number of benzene rings is 2. The van der Waals surface area contributed by atoms with Crippen LogP contribution >= 0.6 is 0 Å². The molecule has 0 saturated heterocycles. The van der Waals surface area contributed by atoms with Crippen molar-refractivity contribution in [1.82, 2.24) is 0 Å². The Balaban J connectivity index is 0.00000312. The van der Waals surface area contributed by atoms with Crippen molar-refractivity contribution in [3.05, 3.63) is 48.0 Å². The van der Waals surface area contributed by atoms with E-state index in [-0.39, 0.29) is 40.2 Å². The number of unbranched alkanes of at least 4 members (excludes halogenated alkanes) is 3. The topological polar surface area (TPSA) is 86.7 Å². The third-order valence-corrected chi connectivity index (χ3v) is 4.64. The predicted molar refractivity (Wildman–Crippen MR) is 90.1 cm³/mol. The molecule has 0 bridgehead atoms. The van der Waals surface area contributed by atoms with E-state index in [2.05, 4.69) is 6.92 Å². The first-order chi connectivity index (χ1) is 11.4. The Hall–Kier alpha value is -1.05. The van der Waals surface area contributed by atoms with Crippen molar-refractivity contribution < 1.29 is 52.4 Å². The van der Waals surface area contributed by atoms with Crippen molar-refractivity contribution in [2.75, 3.05) is 0 Å². The van der Waals surface area contributed by atoms with Gasteiger partial charge in [-0.2, -0.15) is 8.42 Å². The van der Waals surface area contributed by atoms with E-state index in [1.54, 1.807) is 6.07 Å². The van der Waals surface area contributed by atoms with Crippen LogP contribution in [0.2, 0.25) is 0 Å². The molecule has 0 spiro atoms. The molecule has 0 aliphatic carbocycles. The SMILES string of the molecule is CCCCCCc1c(Oc2ccc([O-])cc2)cccc1S(=O)(=O)O.[Na+]. The second-order valence-electron chi connectivity index (χ2n) is 5.59. The minimum absolute atomic E-state index is 0. The summed E-state index contributed by atoms with van der Waals surface area (Å²) in [5.74, 6) is 0.686. The molecule has 0 aliphatic heterocycles. The van der Waals surface area contributed by atoms with Gasteiger partial charge < -0.3 is 9.84 Å². The molecule has 7 heteroatoms. The molecule has 5 nitrogen and oxygen atoms in total. The first kappa shape index (κ1) is 22.0. The molecule has 0 heterocycles. The fourth-order valence-electron chi connectivity index (χ4n) is 2.49. The molecule has 0 aromatic heterocycles. The van der Waals surface area contributed by atoms with Crippen molar-refractivity contribution in [3.63, 3.8) is 0 Å². The minimum atomic E-state index is -4.33. The van der Waals surface area contributed by atoms with Gasteiger partial charge in [-0.1, -0.05) is 44.4 Å². The zero-order valence-corrected chi connectivity index (χ0v) is 17.4. The van der Waals surface area contributed by atoms with E-state index in [1.807, 2.05) is 0 Å². The zero-order valence-electron chi connectivity index (χ0n) is 14.6. The van der Waals surface area contributed by atoms with Crippen LogP contribution in [0.3, 0.4) is 0 Å². The van der Waals surface area contributed by atoms with Gasteiger partial charge >= 0.3 is 29.6 Å². The van der Waals surface area contributed by atoms with E-state index >= 15 is 0 Å². The van der Waals surface area contributed by atoms with E-state index in [4.69, 9.17) is 4.74 Å². The van der Waals surface area contributed by atoms with Crippen LogP contribution in [0.1, 0.15) is 38.2 Å². The molecule has 0 unspecified atom stereocenters. The van der Waals surface area contributed by atoms with Gasteiger partial charge in [0, 0.05) is 5.56 Å². The molecular weight excluding hydrogens is 351 g/mol. The molecule has 2 rings (SSSR count). The maximum absolute atomic E-state index is 11.7. The molecule has 2 aromatic carbocycles. The van der Waals surface area contributed by atoms with Crippen LogP contribution in [-0.4, -0.2) is 13.0 Å². The quantitative estimate of drug-likeness (QED) is 0.423. The van der Waals surface area contributed by atoms with Crippen molar-refractivity contribution >= 4 is 10.1 Å². The van der Waals surface area contributed by atoms with E-state index in [1.165, 1.54) is 36.4 Å². The summed E-state index contributed by atoms with van der Waals surface area (Å²) in [6.45, 7) is 2.10. The summed E-state index contributed by atoms with van der Waals surface area (Å²) in [5.41, 5.74) is 0.460. The van der Waals surface area contributed by atoms with Gasteiger partial charge in [-0.25, -0.2) is 0 Å². The van der Waals surface area contributed by atoms with Gasteiger partial charge in [0.25, 0.3) is 10.1 Å². The van der Waals surface area contributed by atoms with Crippen molar-refractivity contribution in [1.29, 1.82) is 0 Å². The van der Waals surface area contributed by atoms with E-state index < -0.39 is 10.1 Å². The fraction of sp³-hybridized carbons (Fsp3) is 0.333. The first-order valence-corrected chi connectivity index (χ1v) is 9.40. The molecule has 1 N–H and O–H groups in total. The summed E-state index contributed by atoms with van der Waals surface area (Å²) in [4.78, 5) is -0.128. The van der Waals surface area contributed by atoms with Crippen molar-refractivity contribution in [2.24, 2.45) is 0 Å². The van der Waals surface area contributed by atoms with Gasteiger partial charge in [0.2, 0.25) is 0 Å². The van der Waals surface area contributed by atoms with Crippen LogP contribution in [0.4, 0.5) is 0 Å². The second kappa shape index (κ2) is 10.2. The van der Waals surface area contributed by atoms with Gasteiger partial charge in [-0.05, 0) is 37.1 Å². The first-order valence-electron chi connectivity index (χ1n) is 7.96. The van der Waals surface area contributed by atoms with Gasteiger partial charge in [0.15, 0.2) is 0 Å². The average molecular weight is 372 g/mol. The molecule has 0 amide bonds. The molecular formula is C18H21NaO5S. The standard InChI is InChI=1S/C18H22O5S.Na/c1-2-3-4-5-7-16-17(8-6-9-18(16)24(20,21)22)23-15-12-10-14(19)11-13-15;/h6,8-13,19H,2-5,7H2,1H3,(H,20,21,22);/q;+1/p-1. The Morgan fingerprint density at radius 3 is 2.32 bits per heavy atom. The Labute approximate surface area is 171 Å². The molecule has 25 heavy (non-hydrogen) atoms. The van der Waals surface area contributed by atoms with Gasteiger partial charge in [0.05, 0.1) is 0 Å². The summed E-state index contributed by atoms with van der Waals surface area (Å²) in [7, 11) is -4.33. The molecule has 130 valence electrons. The largest absolute Gasteiger partial charge is 1.00 e. The van der Waals surface area contributed by atoms with Crippen LogP contribution in [0.5, 0.6) is 17.2 Å². The Bertz CT molecular complexity index is 773. The predicted octanol–water partition coefficient (Wildman–Crippen LogP) is 0.926. The average Bonchev–Trinajstić information content (AvgIpc) is 2.53. The number of rotatable bonds is 8. The normalized spacial score (nSPS) is 11.0. The Morgan fingerprint density at radius 2 is 1.72 bits per heavy atom. The second-order valence-corrected chi connectivity index (χ2v) is 6.98. The third-order valence-electron chi connectivity index (χ3n) is 3.70. The van der Waals surface area contributed by atoms with Crippen LogP contribution in [0.25, 0.3) is 0 Å². The van der Waals surface area contributed by atoms with Gasteiger partial charge in [-0.3, -0.25) is 4.55 Å². The summed E-state index contributed by atoms with van der Waals surface area (Å²) >= 11 is 0. The van der Waals surface area contributed by atoms with Gasteiger partial charge in [0.1, 0.15) is 16.4 Å². The maximum Gasteiger partial charge on any atom is 1.00 e. The van der Waals surface area contributed by atoms with E-state index in [0.717, 1.165) is 25.7 Å². The van der Waals surface area contributed by atoms with E-state index in [9.17, 15) is 18.1 Å². The number of ether oxygens (including phenoxy) is 1. The van der Waals surface area contributed by atoms with Crippen molar-refractivity contribution in [2.45, 2.75) is 43.9 Å². The third kappa shape index (κ3) is 6.64. The molecule has 0 fully saturated rings. The molecule has 0 atom stereocenters. The molecule has 0 saturated carbocycles. The Morgan fingerprint density at radius 1 is 1.04 bits per heavy atom. The molecule has 0 radical (unpaired) electrons. The molecule has 0 aliphatic rings. The van der Waals surface area contributed by atoms with Gasteiger partial charge in [-0.15, -0.1) is 5.75 Å². The van der Waals surface area contributed by atoms with Crippen molar-refractivity contribution in [3.8, 4) is 17.2 Å². The zero-order chi connectivity index (χ0) is 17.6. The number of hydrogen-bond acceptors (Lipinski definition) is 4. The smallest absolute Gasteiger partial charge is 0.872 e. The maximum atomic E-state index is 11.7. The monoisotopic (exact) mass is 372 g/mol. The molecule has 2 aromatic rings. The van der Waals surface area contributed by atoms with Crippen LogP contribution in [-0.2, 0) is 16.5 Å². The Kier molecular flexibility index (Phi) is 8.96. The summed E-state index contributed by atoms with van der Waals surface area (Å²) in [6, 6.07) is 10.4.